The van der Waals surface area contributed by atoms with Crippen LogP contribution in [0.5, 0.6) is 0 Å². The smallest absolute Gasteiger partial charge is 0.207 e. The number of nitrogens with one attached hydrogen (secondary N) is 1. The standard InChI is InChI=1S/C15H18BrNO2S/c1-8-2-5-12(11(16)6-8)20(18,19)17-15-13-9-3-4-10(7-9)14(13)15/h2,5-6,9-10,13-15,17H,3-4,7H2,1H3. The summed E-state index contributed by atoms with van der Waals surface area (Å²) in [5, 5.41) is 0. The van der Waals surface area contributed by atoms with Gasteiger partial charge < -0.3 is 0 Å². The van der Waals surface area contributed by atoms with Gasteiger partial charge in [0.1, 0.15) is 0 Å². The minimum atomic E-state index is -3.40. The van der Waals surface area contributed by atoms with E-state index in [0.717, 1.165) is 17.4 Å². The van der Waals surface area contributed by atoms with Crippen molar-refractivity contribution in [3.63, 3.8) is 0 Å². The van der Waals surface area contributed by atoms with Crippen LogP contribution in [-0.4, -0.2) is 14.5 Å². The number of benzene rings is 1. The minimum absolute atomic E-state index is 0.194. The van der Waals surface area contributed by atoms with Crippen molar-refractivity contribution in [3.8, 4) is 0 Å². The first kappa shape index (κ1) is 13.3. The Hall–Kier alpha value is -0.390. The van der Waals surface area contributed by atoms with Crippen LogP contribution in [0, 0.1) is 30.6 Å². The lowest BCUT2D eigenvalue weighted by Crippen LogP contribution is -2.30. The van der Waals surface area contributed by atoms with Crippen LogP contribution in [0.15, 0.2) is 27.6 Å². The lowest BCUT2D eigenvalue weighted by Gasteiger charge is -2.12. The molecule has 4 unspecified atom stereocenters. The first-order chi connectivity index (χ1) is 9.47. The maximum absolute atomic E-state index is 12.5. The Morgan fingerprint density at radius 1 is 1.20 bits per heavy atom. The Kier molecular flexibility index (Phi) is 2.86. The van der Waals surface area contributed by atoms with Gasteiger partial charge in [0.25, 0.3) is 0 Å². The molecule has 0 heterocycles. The van der Waals surface area contributed by atoms with Crippen molar-refractivity contribution >= 4 is 26.0 Å². The van der Waals surface area contributed by atoms with E-state index >= 15 is 0 Å². The lowest BCUT2D eigenvalue weighted by atomic mass is 10.0. The Labute approximate surface area is 128 Å². The monoisotopic (exact) mass is 355 g/mol. The molecule has 3 aliphatic carbocycles. The van der Waals surface area contributed by atoms with Gasteiger partial charge in [0.05, 0.1) is 4.90 Å². The van der Waals surface area contributed by atoms with Crippen LogP contribution in [0.3, 0.4) is 0 Å². The highest BCUT2D eigenvalue weighted by Crippen LogP contribution is 2.65. The number of halogens is 1. The SMILES string of the molecule is Cc1ccc(S(=O)(=O)NC2C3C4CCC(C4)C23)c(Br)c1. The molecular formula is C15H18BrNO2S. The predicted octanol–water partition coefficient (Wildman–Crippen LogP) is 3.08. The van der Waals surface area contributed by atoms with Crippen molar-refractivity contribution in [3.05, 3.63) is 28.2 Å². The fourth-order valence-corrected chi connectivity index (χ4v) is 7.04. The lowest BCUT2D eigenvalue weighted by molar-refractivity contribution is 0.456. The number of hydrogen-bond acceptors (Lipinski definition) is 2. The molecule has 0 spiro atoms. The Morgan fingerprint density at radius 3 is 2.45 bits per heavy atom. The average Bonchev–Trinajstić information content (AvgIpc) is 2.78. The molecule has 3 nitrogen and oxygen atoms in total. The van der Waals surface area contributed by atoms with E-state index in [1.54, 1.807) is 6.07 Å². The van der Waals surface area contributed by atoms with E-state index in [2.05, 4.69) is 20.7 Å². The van der Waals surface area contributed by atoms with Gasteiger partial charge in [-0.1, -0.05) is 6.07 Å². The van der Waals surface area contributed by atoms with E-state index in [4.69, 9.17) is 0 Å². The molecule has 4 atom stereocenters. The Morgan fingerprint density at radius 2 is 1.85 bits per heavy atom. The van der Waals surface area contributed by atoms with Crippen LogP contribution < -0.4 is 4.72 Å². The highest BCUT2D eigenvalue weighted by Gasteiger charge is 2.65. The third kappa shape index (κ3) is 1.90. The molecular weight excluding hydrogens is 338 g/mol. The molecule has 1 N–H and O–H groups in total. The van der Waals surface area contributed by atoms with Gasteiger partial charge in [-0.3, -0.25) is 0 Å². The van der Waals surface area contributed by atoms with Crippen molar-refractivity contribution in [2.24, 2.45) is 23.7 Å². The molecule has 1 aromatic carbocycles. The van der Waals surface area contributed by atoms with Crippen LogP contribution >= 0.6 is 15.9 Å². The summed E-state index contributed by atoms with van der Waals surface area (Å²) in [6.07, 6.45) is 3.94. The molecule has 20 heavy (non-hydrogen) atoms. The van der Waals surface area contributed by atoms with E-state index in [1.165, 1.54) is 19.3 Å². The summed E-state index contributed by atoms with van der Waals surface area (Å²) in [4.78, 5) is 0.362. The Balaban J connectivity index is 1.57. The van der Waals surface area contributed by atoms with Crippen LogP contribution in [-0.2, 0) is 10.0 Å². The summed E-state index contributed by atoms with van der Waals surface area (Å²) in [5.74, 6) is 2.79. The van der Waals surface area contributed by atoms with Gasteiger partial charge in [-0.25, -0.2) is 13.1 Å². The first-order valence-corrected chi connectivity index (χ1v) is 9.53. The van der Waals surface area contributed by atoms with Gasteiger partial charge >= 0.3 is 0 Å². The van der Waals surface area contributed by atoms with Crippen LogP contribution in [0.2, 0.25) is 0 Å². The molecule has 2 bridgehead atoms. The number of fused-ring (bicyclic) bond motifs is 5. The maximum atomic E-state index is 12.5. The van der Waals surface area contributed by atoms with E-state index < -0.39 is 10.0 Å². The number of sulfonamides is 1. The van der Waals surface area contributed by atoms with Gasteiger partial charge in [-0.15, -0.1) is 0 Å². The van der Waals surface area contributed by atoms with E-state index in [-0.39, 0.29) is 6.04 Å². The number of rotatable bonds is 3. The van der Waals surface area contributed by atoms with Crippen molar-refractivity contribution in [1.29, 1.82) is 0 Å². The second kappa shape index (κ2) is 4.31. The zero-order valence-corrected chi connectivity index (χ0v) is 13.7. The Bertz CT molecular complexity index is 656. The third-order valence-corrected chi connectivity index (χ3v) is 7.84. The molecule has 1 aromatic rings. The third-order valence-electron chi connectivity index (χ3n) is 5.40. The highest BCUT2D eigenvalue weighted by molar-refractivity contribution is 9.10. The van der Waals surface area contributed by atoms with Gasteiger partial charge in [0.15, 0.2) is 0 Å². The van der Waals surface area contributed by atoms with E-state index in [0.29, 0.717) is 21.2 Å². The molecule has 3 fully saturated rings. The summed E-state index contributed by atoms with van der Waals surface area (Å²) >= 11 is 3.37. The topological polar surface area (TPSA) is 46.2 Å². The quantitative estimate of drug-likeness (QED) is 0.905. The molecule has 108 valence electrons. The molecule has 0 aromatic heterocycles. The summed E-state index contributed by atoms with van der Waals surface area (Å²) in [6.45, 7) is 1.96. The molecule has 5 heteroatoms. The fraction of sp³-hybridized carbons (Fsp3) is 0.600. The van der Waals surface area contributed by atoms with Gasteiger partial charge in [-0.2, -0.15) is 0 Å². The van der Waals surface area contributed by atoms with E-state index in [9.17, 15) is 8.42 Å². The normalized spacial score (nSPS) is 38.0. The first-order valence-electron chi connectivity index (χ1n) is 7.26. The highest BCUT2D eigenvalue weighted by atomic mass is 79.9. The summed E-state index contributed by atoms with van der Waals surface area (Å²) < 4.78 is 28.7. The van der Waals surface area contributed by atoms with Gasteiger partial charge in [0, 0.05) is 10.5 Å². The predicted molar refractivity (Wildman–Crippen MR) is 80.8 cm³/mol. The second-order valence-electron chi connectivity index (χ2n) is 6.57. The summed E-state index contributed by atoms with van der Waals surface area (Å²) in [6, 6.07) is 5.58. The minimum Gasteiger partial charge on any atom is -0.207 e. The molecule has 0 saturated heterocycles. The largest absolute Gasteiger partial charge is 0.241 e. The fourth-order valence-electron chi connectivity index (χ4n) is 4.55. The van der Waals surface area contributed by atoms with Crippen LogP contribution in [0.4, 0.5) is 0 Å². The summed E-state index contributed by atoms with van der Waals surface area (Å²) in [7, 11) is -3.40. The van der Waals surface area contributed by atoms with Crippen molar-refractivity contribution in [2.45, 2.75) is 37.1 Å². The molecule has 0 aliphatic heterocycles. The van der Waals surface area contributed by atoms with E-state index in [1.807, 2.05) is 19.1 Å². The van der Waals surface area contributed by atoms with Gasteiger partial charge in [0.2, 0.25) is 10.0 Å². The molecule has 0 amide bonds. The zero-order valence-electron chi connectivity index (χ0n) is 11.3. The number of hydrogen-bond donors (Lipinski definition) is 1. The molecule has 3 aliphatic rings. The van der Waals surface area contributed by atoms with Crippen LogP contribution in [0.25, 0.3) is 0 Å². The summed E-state index contributed by atoms with van der Waals surface area (Å²) in [5.41, 5.74) is 1.05. The molecule has 4 rings (SSSR count). The second-order valence-corrected chi connectivity index (χ2v) is 9.11. The molecule has 0 radical (unpaired) electrons. The van der Waals surface area contributed by atoms with Crippen molar-refractivity contribution in [1.82, 2.24) is 4.72 Å². The average molecular weight is 356 g/mol. The molecule has 3 saturated carbocycles. The van der Waals surface area contributed by atoms with Crippen molar-refractivity contribution in [2.75, 3.05) is 0 Å². The van der Waals surface area contributed by atoms with Crippen LogP contribution in [0.1, 0.15) is 24.8 Å². The van der Waals surface area contributed by atoms with Gasteiger partial charge in [-0.05, 0) is 83.5 Å². The maximum Gasteiger partial charge on any atom is 0.241 e. The number of aryl methyl sites for hydroxylation is 1. The zero-order chi connectivity index (χ0) is 14.1. The van der Waals surface area contributed by atoms with Crippen molar-refractivity contribution < 1.29 is 8.42 Å².